The Bertz CT molecular complexity index is 1490. The highest BCUT2D eigenvalue weighted by molar-refractivity contribution is 6.30. The van der Waals surface area contributed by atoms with Crippen molar-refractivity contribution in [2.75, 3.05) is 37.6 Å². The molecule has 0 radical (unpaired) electrons. The van der Waals surface area contributed by atoms with Crippen LogP contribution in [-0.2, 0) is 14.3 Å². The van der Waals surface area contributed by atoms with E-state index in [1.165, 1.54) is 37.3 Å². The Kier molecular flexibility index (Phi) is 9.40. The lowest BCUT2D eigenvalue weighted by Gasteiger charge is -2.32. The number of carbonyl (C=O) groups is 3. The number of aliphatic hydroxyl groups is 1. The molecule has 4 rings (SSSR count). The van der Waals surface area contributed by atoms with Crippen molar-refractivity contribution in [2.45, 2.75) is 32.5 Å². The molecule has 0 aromatic heterocycles. The van der Waals surface area contributed by atoms with Gasteiger partial charge in [-0.3, -0.25) is 9.59 Å². The number of hydrogen-bond acceptors (Lipinski definition) is 7. The zero-order valence-corrected chi connectivity index (χ0v) is 24.5. The number of fused-ring (bicyclic) bond motifs is 1. The Morgan fingerprint density at radius 3 is 2.45 bits per heavy atom. The summed E-state index contributed by atoms with van der Waals surface area (Å²) < 4.78 is 17.7. The smallest absolute Gasteiger partial charge is 0.335 e. The van der Waals surface area contributed by atoms with E-state index < -0.39 is 35.4 Å². The summed E-state index contributed by atoms with van der Waals surface area (Å²) in [5.74, 6) is -1.34. The molecule has 10 nitrogen and oxygen atoms in total. The maximum absolute atomic E-state index is 14.1. The zero-order valence-electron chi connectivity index (χ0n) is 23.7. The molecule has 1 aliphatic rings. The summed E-state index contributed by atoms with van der Waals surface area (Å²) in [5, 5.41) is 22.4. The standard InChI is InChI=1S/C31H33ClN2O8/c1-31(2,17-35)16-34-23-12-11-19(32)14-22(23)27(21-9-6-10-24(40-3)28(21)41-4)42-25(29(34)37)15-26(36)33-20-8-5-7-18(13-20)30(38)39/h5-14,25,27,35H,15-17H2,1-4H3,(H,33,36)(H,38,39)/t25-,27-/m1/s1. The second-order valence-corrected chi connectivity index (χ2v) is 11.1. The second-order valence-electron chi connectivity index (χ2n) is 10.7. The van der Waals surface area contributed by atoms with Gasteiger partial charge in [0.25, 0.3) is 5.91 Å². The first-order valence-electron chi connectivity index (χ1n) is 13.2. The summed E-state index contributed by atoms with van der Waals surface area (Å²) in [6, 6.07) is 16.2. The van der Waals surface area contributed by atoms with Gasteiger partial charge in [-0.2, -0.15) is 0 Å². The van der Waals surface area contributed by atoms with E-state index in [1.807, 2.05) is 13.8 Å². The zero-order chi connectivity index (χ0) is 30.6. The van der Waals surface area contributed by atoms with Gasteiger partial charge in [0.2, 0.25) is 5.91 Å². The Labute approximate surface area is 248 Å². The van der Waals surface area contributed by atoms with Gasteiger partial charge in [0.15, 0.2) is 11.5 Å². The fourth-order valence-electron chi connectivity index (χ4n) is 4.82. The predicted octanol–water partition coefficient (Wildman–Crippen LogP) is 4.92. The van der Waals surface area contributed by atoms with Crippen molar-refractivity contribution in [2.24, 2.45) is 5.41 Å². The van der Waals surface area contributed by atoms with E-state index >= 15 is 0 Å². The third kappa shape index (κ3) is 6.67. The van der Waals surface area contributed by atoms with Crippen LogP contribution < -0.4 is 19.7 Å². The van der Waals surface area contributed by atoms with Gasteiger partial charge < -0.3 is 34.6 Å². The lowest BCUT2D eigenvalue weighted by molar-refractivity contribution is -0.136. The SMILES string of the molecule is COc1cccc([C@H]2O[C@H](CC(=O)Nc3cccc(C(=O)O)c3)C(=O)N(CC(C)(C)CO)c3ccc(Cl)cc32)c1OC. The Morgan fingerprint density at radius 2 is 1.79 bits per heavy atom. The molecule has 0 unspecified atom stereocenters. The summed E-state index contributed by atoms with van der Waals surface area (Å²) in [7, 11) is 3.00. The number of nitrogens with zero attached hydrogens (tertiary/aromatic N) is 1. The van der Waals surface area contributed by atoms with Gasteiger partial charge in [-0.05, 0) is 42.5 Å². The molecule has 3 aromatic carbocycles. The molecular weight excluding hydrogens is 564 g/mol. The van der Waals surface area contributed by atoms with Crippen LogP contribution in [0, 0.1) is 5.41 Å². The van der Waals surface area contributed by atoms with Crippen molar-refractivity contribution in [3.63, 3.8) is 0 Å². The number of rotatable bonds is 10. The van der Waals surface area contributed by atoms with Crippen molar-refractivity contribution < 1.29 is 38.8 Å². The van der Waals surface area contributed by atoms with E-state index in [0.717, 1.165) is 0 Å². The molecule has 3 aromatic rings. The van der Waals surface area contributed by atoms with Crippen LogP contribution in [0.2, 0.25) is 5.02 Å². The van der Waals surface area contributed by atoms with Gasteiger partial charge in [-0.15, -0.1) is 0 Å². The Hall–Kier alpha value is -4.12. The van der Waals surface area contributed by atoms with Crippen molar-refractivity contribution in [1.82, 2.24) is 0 Å². The topological polar surface area (TPSA) is 135 Å². The van der Waals surface area contributed by atoms with Crippen LogP contribution in [0.4, 0.5) is 11.4 Å². The molecule has 222 valence electrons. The quantitative estimate of drug-likeness (QED) is 0.300. The highest BCUT2D eigenvalue weighted by Gasteiger charge is 2.40. The number of carboxylic acid groups (broad SMARTS) is 1. The van der Waals surface area contributed by atoms with Gasteiger partial charge >= 0.3 is 5.97 Å². The lowest BCUT2D eigenvalue weighted by atomic mass is 9.92. The molecule has 0 bridgehead atoms. The summed E-state index contributed by atoms with van der Waals surface area (Å²) in [6.45, 7) is 3.57. The Balaban J connectivity index is 1.80. The van der Waals surface area contributed by atoms with Crippen LogP contribution in [0.1, 0.15) is 47.9 Å². The molecule has 2 atom stereocenters. The van der Waals surface area contributed by atoms with Crippen molar-refractivity contribution in [3.8, 4) is 11.5 Å². The van der Waals surface area contributed by atoms with Crippen molar-refractivity contribution in [3.05, 3.63) is 82.4 Å². The number of anilines is 2. The summed E-state index contributed by atoms with van der Waals surface area (Å²) in [4.78, 5) is 40.3. The van der Waals surface area contributed by atoms with Crippen LogP contribution in [-0.4, -0.2) is 61.5 Å². The van der Waals surface area contributed by atoms with E-state index in [-0.39, 0.29) is 30.8 Å². The van der Waals surface area contributed by atoms with Crippen LogP contribution >= 0.6 is 11.6 Å². The third-order valence-electron chi connectivity index (χ3n) is 6.90. The second kappa shape index (κ2) is 12.8. The highest BCUT2D eigenvalue weighted by Crippen LogP contribution is 2.45. The van der Waals surface area contributed by atoms with E-state index in [4.69, 9.17) is 25.8 Å². The lowest BCUT2D eigenvalue weighted by Crippen LogP contribution is -2.46. The number of carbonyl (C=O) groups excluding carboxylic acids is 2. The number of carboxylic acids is 1. The molecule has 0 aliphatic carbocycles. The third-order valence-corrected chi connectivity index (χ3v) is 7.13. The number of aromatic carboxylic acids is 1. The minimum Gasteiger partial charge on any atom is -0.493 e. The number of para-hydroxylation sites is 1. The molecule has 3 N–H and O–H groups in total. The molecule has 0 saturated carbocycles. The van der Waals surface area contributed by atoms with E-state index in [1.54, 1.807) is 42.5 Å². The number of amides is 2. The molecule has 0 spiro atoms. The average molecular weight is 597 g/mol. The minimum absolute atomic E-state index is 0.00418. The number of ether oxygens (including phenoxy) is 3. The maximum Gasteiger partial charge on any atom is 0.335 e. The largest absolute Gasteiger partial charge is 0.493 e. The van der Waals surface area contributed by atoms with Crippen LogP contribution in [0.3, 0.4) is 0 Å². The molecule has 2 amide bonds. The molecule has 11 heteroatoms. The number of nitrogens with one attached hydrogen (secondary N) is 1. The summed E-state index contributed by atoms with van der Waals surface area (Å²) in [6.07, 6.45) is -2.55. The minimum atomic E-state index is -1.27. The summed E-state index contributed by atoms with van der Waals surface area (Å²) in [5.41, 5.74) is 1.20. The van der Waals surface area contributed by atoms with Crippen LogP contribution in [0.15, 0.2) is 60.7 Å². The molecule has 0 fully saturated rings. The molecule has 1 aliphatic heterocycles. The molecular formula is C31H33ClN2O8. The van der Waals surface area contributed by atoms with Gasteiger partial charge in [-0.1, -0.05) is 43.6 Å². The average Bonchev–Trinajstić information content (AvgIpc) is 3.06. The number of benzene rings is 3. The van der Waals surface area contributed by atoms with Crippen molar-refractivity contribution >= 4 is 40.8 Å². The Morgan fingerprint density at radius 1 is 1.05 bits per heavy atom. The maximum atomic E-state index is 14.1. The van der Waals surface area contributed by atoms with E-state index in [9.17, 15) is 24.6 Å². The van der Waals surface area contributed by atoms with Crippen molar-refractivity contribution in [1.29, 1.82) is 0 Å². The fraction of sp³-hybridized carbons (Fsp3) is 0.323. The first kappa shape index (κ1) is 30.8. The van der Waals surface area contributed by atoms with Gasteiger partial charge in [-0.25, -0.2) is 4.79 Å². The number of aliphatic hydroxyl groups excluding tert-OH is 1. The summed E-state index contributed by atoms with van der Waals surface area (Å²) >= 11 is 6.44. The van der Waals surface area contributed by atoms with E-state index in [2.05, 4.69) is 5.32 Å². The molecule has 1 heterocycles. The van der Waals surface area contributed by atoms with Gasteiger partial charge in [0.1, 0.15) is 12.2 Å². The number of hydrogen-bond donors (Lipinski definition) is 3. The first-order valence-corrected chi connectivity index (χ1v) is 13.6. The fourth-order valence-corrected chi connectivity index (χ4v) is 5.00. The van der Waals surface area contributed by atoms with Crippen LogP contribution in [0.5, 0.6) is 11.5 Å². The monoisotopic (exact) mass is 596 g/mol. The first-order chi connectivity index (χ1) is 20.0. The highest BCUT2D eigenvalue weighted by atomic mass is 35.5. The van der Waals surface area contributed by atoms with Crippen LogP contribution in [0.25, 0.3) is 0 Å². The van der Waals surface area contributed by atoms with Gasteiger partial charge in [0.05, 0.1) is 26.2 Å². The molecule has 42 heavy (non-hydrogen) atoms. The molecule has 0 saturated heterocycles. The predicted molar refractivity (Wildman–Crippen MR) is 158 cm³/mol. The van der Waals surface area contributed by atoms with Gasteiger partial charge in [0, 0.05) is 46.1 Å². The number of halogens is 1. The van der Waals surface area contributed by atoms with E-state index in [0.29, 0.717) is 33.3 Å². The number of methoxy groups -OCH3 is 2. The normalized spacial score (nSPS) is 16.8.